The maximum Gasteiger partial charge on any atom is 0.128 e. The van der Waals surface area contributed by atoms with Crippen molar-refractivity contribution >= 4 is 5.82 Å². The van der Waals surface area contributed by atoms with Gasteiger partial charge in [0.25, 0.3) is 0 Å². The van der Waals surface area contributed by atoms with Crippen LogP contribution in [0.1, 0.15) is 12.0 Å². The molecule has 0 amide bonds. The van der Waals surface area contributed by atoms with E-state index >= 15 is 0 Å². The Kier molecular flexibility index (Phi) is 5.57. The summed E-state index contributed by atoms with van der Waals surface area (Å²) in [5.74, 6) is 1.04. The number of rotatable bonds is 7. The monoisotopic (exact) mass is 265 g/mol. The van der Waals surface area contributed by atoms with E-state index in [1.165, 1.54) is 5.56 Å². The van der Waals surface area contributed by atoms with Crippen LogP contribution in [0.3, 0.4) is 0 Å². The molecule has 0 aromatic carbocycles. The molecule has 1 fully saturated rings. The van der Waals surface area contributed by atoms with Crippen molar-refractivity contribution in [2.24, 2.45) is 0 Å². The summed E-state index contributed by atoms with van der Waals surface area (Å²) < 4.78 is 10.4. The molecule has 1 N–H and O–H groups in total. The van der Waals surface area contributed by atoms with Crippen LogP contribution < -0.4 is 10.2 Å². The Morgan fingerprint density at radius 1 is 1.42 bits per heavy atom. The third-order valence-corrected chi connectivity index (χ3v) is 3.42. The number of pyridine rings is 1. The molecule has 1 aliphatic rings. The quantitative estimate of drug-likeness (QED) is 0.747. The molecule has 1 aromatic rings. The van der Waals surface area contributed by atoms with Crippen molar-refractivity contribution in [3.63, 3.8) is 0 Å². The van der Waals surface area contributed by atoms with Gasteiger partial charge in [-0.3, -0.25) is 0 Å². The minimum absolute atomic E-state index is 0.345. The first-order chi connectivity index (χ1) is 9.33. The fourth-order valence-electron chi connectivity index (χ4n) is 2.24. The van der Waals surface area contributed by atoms with E-state index in [4.69, 9.17) is 9.47 Å². The van der Waals surface area contributed by atoms with Crippen LogP contribution in [-0.2, 0) is 16.0 Å². The Morgan fingerprint density at radius 2 is 2.32 bits per heavy atom. The number of ether oxygens (including phenoxy) is 2. The van der Waals surface area contributed by atoms with Crippen molar-refractivity contribution in [1.29, 1.82) is 0 Å². The zero-order valence-corrected chi connectivity index (χ0v) is 11.8. The van der Waals surface area contributed by atoms with Crippen LogP contribution in [0.4, 0.5) is 5.82 Å². The molecule has 0 bridgehead atoms. The largest absolute Gasteiger partial charge is 0.383 e. The van der Waals surface area contributed by atoms with E-state index in [1.54, 1.807) is 14.2 Å². The number of hydrogen-bond donors (Lipinski definition) is 1. The molecule has 1 unspecified atom stereocenters. The predicted molar refractivity (Wildman–Crippen MR) is 75.4 cm³/mol. The van der Waals surface area contributed by atoms with Gasteiger partial charge < -0.3 is 19.7 Å². The SMILES string of the molecule is COCCNCc1ccc(N2CCC(OC)C2)nc1. The summed E-state index contributed by atoms with van der Waals surface area (Å²) in [6.45, 7) is 4.39. The van der Waals surface area contributed by atoms with Crippen molar-refractivity contribution in [1.82, 2.24) is 10.3 Å². The van der Waals surface area contributed by atoms with Crippen molar-refractivity contribution in [3.8, 4) is 0 Å². The number of methoxy groups -OCH3 is 2. The Balaban J connectivity index is 1.81. The van der Waals surface area contributed by atoms with Gasteiger partial charge in [0.05, 0.1) is 12.7 Å². The van der Waals surface area contributed by atoms with Gasteiger partial charge in [-0.15, -0.1) is 0 Å². The highest BCUT2D eigenvalue weighted by molar-refractivity contribution is 5.40. The van der Waals surface area contributed by atoms with Crippen LogP contribution in [0.15, 0.2) is 18.3 Å². The summed E-state index contributed by atoms with van der Waals surface area (Å²) in [6.07, 6.45) is 3.37. The van der Waals surface area contributed by atoms with Gasteiger partial charge in [-0.2, -0.15) is 0 Å². The molecule has 0 spiro atoms. The second-order valence-electron chi connectivity index (χ2n) is 4.79. The lowest BCUT2D eigenvalue weighted by atomic mass is 10.2. The van der Waals surface area contributed by atoms with Gasteiger partial charge in [0.15, 0.2) is 0 Å². The Bertz CT molecular complexity index is 369. The molecule has 5 nitrogen and oxygen atoms in total. The number of nitrogens with zero attached hydrogens (tertiary/aromatic N) is 2. The average Bonchev–Trinajstić information content (AvgIpc) is 2.93. The van der Waals surface area contributed by atoms with E-state index in [0.717, 1.165) is 45.0 Å². The number of anilines is 1. The summed E-state index contributed by atoms with van der Waals surface area (Å²) in [5.41, 5.74) is 1.20. The molecule has 2 heterocycles. The van der Waals surface area contributed by atoms with Crippen LogP contribution in [0.25, 0.3) is 0 Å². The van der Waals surface area contributed by atoms with E-state index in [2.05, 4.69) is 27.3 Å². The van der Waals surface area contributed by atoms with E-state index < -0.39 is 0 Å². The van der Waals surface area contributed by atoms with Crippen LogP contribution in [0, 0.1) is 0 Å². The Hall–Kier alpha value is -1.17. The molecule has 2 rings (SSSR count). The first-order valence-electron chi connectivity index (χ1n) is 6.76. The summed E-state index contributed by atoms with van der Waals surface area (Å²) in [6, 6.07) is 4.22. The molecule has 1 atom stereocenters. The lowest BCUT2D eigenvalue weighted by Crippen LogP contribution is -2.23. The lowest BCUT2D eigenvalue weighted by Gasteiger charge is -2.17. The van der Waals surface area contributed by atoms with Gasteiger partial charge >= 0.3 is 0 Å². The third kappa shape index (κ3) is 4.16. The van der Waals surface area contributed by atoms with Gasteiger partial charge in [0.2, 0.25) is 0 Å². The lowest BCUT2D eigenvalue weighted by molar-refractivity contribution is 0.121. The maximum atomic E-state index is 5.37. The summed E-state index contributed by atoms with van der Waals surface area (Å²) in [4.78, 5) is 6.80. The minimum Gasteiger partial charge on any atom is -0.383 e. The highest BCUT2D eigenvalue weighted by Gasteiger charge is 2.22. The number of hydrogen-bond acceptors (Lipinski definition) is 5. The van der Waals surface area contributed by atoms with Crippen LogP contribution in [-0.4, -0.2) is 51.5 Å². The van der Waals surface area contributed by atoms with Gasteiger partial charge in [0, 0.05) is 46.6 Å². The normalized spacial score (nSPS) is 19.1. The van der Waals surface area contributed by atoms with Crippen molar-refractivity contribution in [2.75, 3.05) is 45.4 Å². The topological polar surface area (TPSA) is 46.6 Å². The molecule has 0 aliphatic carbocycles. The van der Waals surface area contributed by atoms with Gasteiger partial charge in [-0.25, -0.2) is 4.98 Å². The second kappa shape index (κ2) is 7.43. The molecule has 1 aliphatic heterocycles. The zero-order chi connectivity index (χ0) is 13.5. The minimum atomic E-state index is 0.345. The maximum absolute atomic E-state index is 5.37. The standard InChI is InChI=1S/C14H23N3O2/c1-18-8-6-15-9-12-3-4-14(16-10-12)17-7-5-13(11-17)19-2/h3-4,10,13,15H,5-9,11H2,1-2H3. The first-order valence-corrected chi connectivity index (χ1v) is 6.76. The highest BCUT2D eigenvalue weighted by Crippen LogP contribution is 2.19. The average molecular weight is 265 g/mol. The van der Waals surface area contributed by atoms with Crippen molar-refractivity contribution in [2.45, 2.75) is 19.1 Å². The first kappa shape index (κ1) is 14.2. The fraction of sp³-hybridized carbons (Fsp3) is 0.643. The van der Waals surface area contributed by atoms with Crippen molar-refractivity contribution in [3.05, 3.63) is 23.9 Å². The third-order valence-electron chi connectivity index (χ3n) is 3.42. The fourth-order valence-corrected chi connectivity index (χ4v) is 2.24. The zero-order valence-electron chi connectivity index (χ0n) is 11.8. The van der Waals surface area contributed by atoms with Gasteiger partial charge in [-0.05, 0) is 18.1 Å². The smallest absolute Gasteiger partial charge is 0.128 e. The van der Waals surface area contributed by atoms with Crippen LogP contribution in [0.5, 0.6) is 0 Å². The molecular weight excluding hydrogens is 242 g/mol. The molecule has 19 heavy (non-hydrogen) atoms. The molecule has 0 radical (unpaired) electrons. The van der Waals surface area contributed by atoms with Crippen LogP contribution in [0.2, 0.25) is 0 Å². The van der Waals surface area contributed by atoms with Crippen molar-refractivity contribution < 1.29 is 9.47 Å². The van der Waals surface area contributed by atoms with E-state index in [9.17, 15) is 0 Å². The predicted octanol–water partition coefficient (Wildman–Crippen LogP) is 1.04. The molecule has 0 saturated carbocycles. The summed E-state index contributed by atoms with van der Waals surface area (Å²) in [5, 5.41) is 3.31. The van der Waals surface area contributed by atoms with E-state index in [0.29, 0.717) is 6.10 Å². The van der Waals surface area contributed by atoms with E-state index in [-0.39, 0.29) is 0 Å². The molecular formula is C14H23N3O2. The Labute approximate surface area is 114 Å². The highest BCUT2D eigenvalue weighted by atomic mass is 16.5. The number of nitrogens with one attached hydrogen (secondary N) is 1. The van der Waals surface area contributed by atoms with E-state index in [1.807, 2.05) is 6.20 Å². The van der Waals surface area contributed by atoms with Gasteiger partial charge in [-0.1, -0.05) is 6.07 Å². The summed E-state index contributed by atoms with van der Waals surface area (Å²) >= 11 is 0. The molecule has 1 saturated heterocycles. The van der Waals surface area contributed by atoms with Gasteiger partial charge in [0.1, 0.15) is 5.82 Å². The molecule has 1 aromatic heterocycles. The number of aromatic nitrogens is 1. The second-order valence-corrected chi connectivity index (χ2v) is 4.79. The Morgan fingerprint density at radius 3 is 2.95 bits per heavy atom. The summed E-state index contributed by atoms with van der Waals surface area (Å²) in [7, 11) is 3.48. The van der Waals surface area contributed by atoms with Crippen LogP contribution >= 0.6 is 0 Å². The molecule has 106 valence electrons. The molecule has 5 heteroatoms.